The van der Waals surface area contributed by atoms with Crippen molar-refractivity contribution >= 4 is 5.97 Å². The number of hydrogen-bond donors (Lipinski definition) is 2. The lowest BCUT2D eigenvalue weighted by Gasteiger charge is -2.26. The molecule has 0 radical (unpaired) electrons. The van der Waals surface area contributed by atoms with Crippen molar-refractivity contribution in [3.8, 4) is 0 Å². The molecule has 0 spiro atoms. The molecule has 0 fully saturated rings. The van der Waals surface area contributed by atoms with Crippen molar-refractivity contribution in [1.29, 1.82) is 0 Å². The first kappa shape index (κ1) is 16.7. The largest absolute Gasteiger partial charge is 0.481 e. The van der Waals surface area contributed by atoms with Gasteiger partial charge in [-0.1, -0.05) is 32.9 Å². The Labute approximate surface area is 121 Å². The molecule has 3 nitrogen and oxygen atoms in total. The van der Waals surface area contributed by atoms with E-state index < -0.39 is 5.97 Å². The molecule has 3 heteroatoms. The highest BCUT2D eigenvalue weighted by atomic mass is 16.4. The summed E-state index contributed by atoms with van der Waals surface area (Å²) in [5.74, 6) is -0.760. The van der Waals surface area contributed by atoms with Gasteiger partial charge in [-0.3, -0.25) is 4.79 Å². The summed E-state index contributed by atoms with van der Waals surface area (Å²) in [4.78, 5) is 10.7. The van der Waals surface area contributed by atoms with E-state index in [0.29, 0.717) is 6.42 Å². The Morgan fingerprint density at radius 1 is 1.20 bits per heavy atom. The topological polar surface area (TPSA) is 57.5 Å². The van der Waals surface area contributed by atoms with Crippen LogP contribution in [0.2, 0.25) is 0 Å². The smallest absolute Gasteiger partial charge is 0.303 e. The van der Waals surface area contributed by atoms with Gasteiger partial charge in [0.15, 0.2) is 0 Å². The molecule has 0 aliphatic heterocycles. The van der Waals surface area contributed by atoms with Crippen molar-refractivity contribution in [2.24, 2.45) is 0 Å². The second kappa shape index (κ2) is 6.89. The predicted molar refractivity (Wildman–Crippen MR) is 81.2 cm³/mol. The number of aliphatic hydroxyl groups excluding tert-OH is 1. The number of aliphatic hydroxyl groups is 1. The fourth-order valence-electron chi connectivity index (χ4n) is 2.54. The van der Waals surface area contributed by atoms with Crippen LogP contribution in [0.3, 0.4) is 0 Å². The SMILES string of the molecule is Cc1cc(CCC(=O)O)cc(C(C)(C)C)c1CCCO. The van der Waals surface area contributed by atoms with E-state index in [4.69, 9.17) is 10.2 Å². The van der Waals surface area contributed by atoms with Crippen molar-refractivity contribution in [3.05, 3.63) is 34.4 Å². The maximum atomic E-state index is 10.7. The molecule has 0 aliphatic rings. The zero-order chi connectivity index (χ0) is 15.3. The highest BCUT2D eigenvalue weighted by Gasteiger charge is 2.20. The minimum atomic E-state index is -0.760. The van der Waals surface area contributed by atoms with Gasteiger partial charge in [0.25, 0.3) is 0 Å². The third-order valence-corrected chi connectivity index (χ3v) is 3.55. The molecule has 0 amide bonds. The molecule has 0 bridgehead atoms. The number of rotatable bonds is 6. The second-order valence-corrected chi connectivity index (χ2v) is 6.41. The van der Waals surface area contributed by atoms with Crippen LogP contribution in [0.15, 0.2) is 12.1 Å². The van der Waals surface area contributed by atoms with Gasteiger partial charge in [-0.25, -0.2) is 0 Å². The second-order valence-electron chi connectivity index (χ2n) is 6.41. The van der Waals surface area contributed by atoms with Gasteiger partial charge in [0, 0.05) is 13.0 Å². The Morgan fingerprint density at radius 2 is 1.85 bits per heavy atom. The zero-order valence-electron chi connectivity index (χ0n) is 13.0. The molecule has 0 atom stereocenters. The molecule has 0 heterocycles. The Balaban J connectivity index is 3.15. The lowest BCUT2D eigenvalue weighted by molar-refractivity contribution is -0.136. The summed E-state index contributed by atoms with van der Waals surface area (Å²) >= 11 is 0. The minimum Gasteiger partial charge on any atom is -0.481 e. The average molecular weight is 278 g/mol. The van der Waals surface area contributed by atoms with Crippen LogP contribution >= 0.6 is 0 Å². The van der Waals surface area contributed by atoms with E-state index in [1.807, 2.05) is 0 Å². The van der Waals surface area contributed by atoms with Crippen LogP contribution in [-0.2, 0) is 23.1 Å². The van der Waals surface area contributed by atoms with Gasteiger partial charge in [0.2, 0.25) is 0 Å². The quantitative estimate of drug-likeness (QED) is 0.840. The van der Waals surface area contributed by atoms with E-state index in [-0.39, 0.29) is 18.4 Å². The summed E-state index contributed by atoms with van der Waals surface area (Å²) in [5.41, 5.74) is 4.88. The van der Waals surface area contributed by atoms with Gasteiger partial charge in [-0.2, -0.15) is 0 Å². The molecule has 1 aromatic rings. The van der Waals surface area contributed by atoms with Gasteiger partial charge in [0.05, 0.1) is 0 Å². The van der Waals surface area contributed by atoms with E-state index in [0.717, 1.165) is 18.4 Å². The first-order valence-electron chi connectivity index (χ1n) is 7.21. The number of carboxylic acids is 1. The highest BCUT2D eigenvalue weighted by Crippen LogP contribution is 2.30. The standard InChI is InChI=1S/C17H26O3/c1-12-10-13(7-8-16(19)20)11-15(17(2,3)4)14(12)6-5-9-18/h10-11,18H,5-9H2,1-4H3,(H,19,20). The maximum absolute atomic E-state index is 10.7. The first-order valence-corrected chi connectivity index (χ1v) is 7.21. The lowest BCUT2D eigenvalue weighted by atomic mass is 9.79. The zero-order valence-corrected chi connectivity index (χ0v) is 13.0. The van der Waals surface area contributed by atoms with Crippen molar-refractivity contribution in [1.82, 2.24) is 0 Å². The third kappa shape index (κ3) is 4.64. The summed E-state index contributed by atoms with van der Waals surface area (Å²) in [6, 6.07) is 4.23. The molecule has 112 valence electrons. The monoisotopic (exact) mass is 278 g/mol. The third-order valence-electron chi connectivity index (χ3n) is 3.55. The minimum absolute atomic E-state index is 0.0226. The van der Waals surface area contributed by atoms with E-state index in [1.165, 1.54) is 16.7 Å². The van der Waals surface area contributed by atoms with Crippen molar-refractivity contribution in [3.63, 3.8) is 0 Å². The molecule has 0 saturated heterocycles. The van der Waals surface area contributed by atoms with Crippen molar-refractivity contribution < 1.29 is 15.0 Å². The summed E-state index contributed by atoms with van der Waals surface area (Å²) in [6.45, 7) is 8.79. The normalized spacial score (nSPS) is 11.7. The van der Waals surface area contributed by atoms with Crippen LogP contribution in [-0.4, -0.2) is 22.8 Å². The molecule has 1 aromatic carbocycles. The Kier molecular flexibility index (Phi) is 5.75. The number of aryl methyl sites for hydroxylation is 2. The molecule has 0 unspecified atom stereocenters. The fourth-order valence-corrected chi connectivity index (χ4v) is 2.54. The Morgan fingerprint density at radius 3 is 2.35 bits per heavy atom. The molecule has 0 aliphatic carbocycles. The molecule has 2 N–H and O–H groups in total. The highest BCUT2D eigenvalue weighted by molar-refractivity contribution is 5.67. The fraction of sp³-hybridized carbons (Fsp3) is 0.588. The van der Waals surface area contributed by atoms with Gasteiger partial charge in [-0.15, -0.1) is 0 Å². The maximum Gasteiger partial charge on any atom is 0.303 e. The Hall–Kier alpha value is -1.35. The number of benzene rings is 1. The lowest BCUT2D eigenvalue weighted by Crippen LogP contribution is -2.16. The first-order chi connectivity index (χ1) is 9.25. The van der Waals surface area contributed by atoms with E-state index in [2.05, 4.69) is 39.8 Å². The molecule has 0 saturated carbocycles. The molecule has 0 aromatic heterocycles. The summed E-state index contributed by atoms with van der Waals surface area (Å²) in [6.07, 6.45) is 2.37. The predicted octanol–water partition coefficient (Wildman–Crippen LogP) is 3.23. The van der Waals surface area contributed by atoms with Gasteiger partial charge < -0.3 is 10.2 Å². The van der Waals surface area contributed by atoms with Crippen LogP contribution in [0.5, 0.6) is 0 Å². The van der Waals surface area contributed by atoms with Gasteiger partial charge in [-0.05, 0) is 53.9 Å². The summed E-state index contributed by atoms with van der Waals surface area (Å²) < 4.78 is 0. The van der Waals surface area contributed by atoms with Crippen LogP contribution < -0.4 is 0 Å². The van der Waals surface area contributed by atoms with E-state index in [9.17, 15) is 4.79 Å². The van der Waals surface area contributed by atoms with Crippen molar-refractivity contribution in [2.75, 3.05) is 6.61 Å². The number of carbonyl (C=O) groups is 1. The van der Waals surface area contributed by atoms with Gasteiger partial charge >= 0.3 is 5.97 Å². The van der Waals surface area contributed by atoms with Crippen LogP contribution in [0.4, 0.5) is 0 Å². The number of aliphatic carboxylic acids is 1. The van der Waals surface area contributed by atoms with Gasteiger partial charge in [0.1, 0.15) is 0 Å². The number of carboxylic acid groups (broad SMARTS) is 1. The summed E-state index contributed by atoms with van der Waals surface area (Å²) in [5, 5.41) is 17.9. The summed E-state index contributed by atoms with van der Waals surface area (Å²) in [7, 11) is 0. The van der Waals surface area contributed by atoms with Crippen LogP contribution in [0.1, 0.15) is 55.9 Å². The molecular weight excluding hydrogens is 252 g/mol. The van der Waals surface area contributed by atoms with Crippen LogP contribution in [0.25, 0.3) is 0 Å². The number of hydrogen-bond acceptors (Lipinski definition) is 2. The average Bonchev–Trinajstić information content (AvgIpc) is 2.33. The van der Waals surface area contributed by atoms with E-state index >= 15 is 0 Å². The Bertz CT molecular complexity index is 470. The molecule has 1 rings (SSSR count). The van der Waals surface area contributed by atoms with Crippen molar-refractivity contribution in [2.45, 2.75) is 58.8 Å². The van der Waals surface area contributed by atoms with Crippen LogP contribution in [0, 0.1) is 6.92 Å². The molecule has 20 heavy (non-hydrogen) atoms. The van der Waals surface area contributed by atoms with E-state index in [1.54, 1.807) is 0 Å². The molecular formula is C17H26O3.